The van der Waals surface area contributed by atoms with Crippen molar-refractivity contribution in [3.8, 4) is 0 Å². The van der Waals surface area contributed by atoms with E-state index in [1.165, 1.54) is 22.4 Å². The molecular formula is C21H23N3O2S. The second-order valence-corrected chi connectivity index (χ2v) is 8.33. The Morgan fingerprint density at radius 3 is 2.85 bits per heavy atom. The van der Waals surface area contributed by atoms with Gasteiger partial charge in [0.1, 0.15) is 10.7 Å². The van der Waals surface area contributed by atoms with Gasteiger partial charge in [-0.25, -0.2) is 4.98 Å². The first-order valence-corrected chi connectivity index (χ1v) is 10.2. The zero-order valence-corrected chi connectivity index (χ0v) is 16.5. The van der Waals surface area contributed by atoms with Crippen molar-refractivity contribution in [2.45, 2.75) is 52.4 Å². The summed E-state index contributed by atoms with van der Waals surface area (Å²) in [5, 5.41) is 3.68. The van der Waals surface area contributed by atoms with E-state index in [0.29, 0.717) is 12.2 Å². The molecule has 2 aromatic heterocycles. The van der Waals surface area contributed by atoms with Crippen molar-refractivity contribution in [3.63, 3.8) is 0 Å². The Hall–Kier alpha value is -2.47. The maximum Gasteiger partial charge on any atom is 0.259 e. The van der Waals surface area contributed by atoms with Crippen LogP contribution in [0.5, 0.6) is 0 Å². The van der Waals surface area contributed by atoms with Crippen molar-refractivity contribution in [3.05, 3.63) is 55.9 Å². The summed E-state index contributed by atoms with van der Waals surface area (Å²) in [5.74, 6) is 0.507. The fourth-order valence-electron chi connectivity index (χ4n) is 3.60. The van der Waals surface area contributed by atoms with E-state index < -0.39 is 0 Å². The second kappa shape index (κ2) is 7.27. The molecule has 4 rings (SSSR count). The third kappa shape index (κ3) is 3.67. The summed E-state index contributed by atoms with van der Waals surface area (Å²) < 4.78 is 0. The summed E-state index contributed by atoms with van der Waals surface area (Å²) in [6.45, 7) is 4.07. The first kappa shape index (κ1) is 17.9. The van der Waals surface area contributed by atoms with Crippen molar-refractivity contribution in [2.75, 3.05) is 5.32 Å². The van der Waals surface area contributed by atoms with Crippen LogP contribution >= 0.6 is 11.3 Å². The van der Waals surface area contributed by atoms with Gasteiger partial charge in [-0.15, -0.1) is 11.3 Å². The van der Waals surface area contributed by atoms with Crippen LogP contribution in [0, 0.1) is 13.8 Å². The lowest BCUT2D eigenvalue weighted by Crippen LogP contribution is -2.16. The summed E-state index contributed by atoms with van der Waals surface area (Å²) in [4.78, 5) is 34.4. The average molecular weight is 382 g/mol. The van der Waals surface area contributed by atoms with Crippen molar-refractivity contribution in [1.82, 2.24) is 9.97 Å². The number of aryl methyl sites for hydroxylation is 5. The van der Waals surface area contributed by atoms with E-state index in [1.54, 1.807) is 11.3 Å². The molecule has 1 aliphatic rings. The third-order valence-corrected chi connectivity index (χ3v) is 6.44. The van der Waals surface area contributed by atoms with Crippen molar-refractivity contribution in [2.24, 2.45) is 0 Å². The second-order valence-electron chi connectivity index (χ2n) is 7.25. The molecule has 0 atom stereocenters. The zero-order chi connectivity index (χ0) is 19.0. The number of anilines is 1. The molecule has 1 amide bonds. The third-order valence-electron chi connectivity index (χ3n) is 5.25. The highest BCUT2D eigenvalue weighted by atomic mass is 32.1. The highest BCUT2D eigenvalue weighted by Crippen LogP contribution is 2.33. The smallest absolute Gasteiger partial charge is 0.259 e. The van der Waals surface area contributed by atoms with Crippen LogP contribution in [0.4, 0.5) is 5.69 Å². The van der Waals surface area contributed by atoms with Crippen molar-refractivity contribution >= 4 is 33.1 Å². The topological polar surface area (TPSA) is 74.8 Å². The van der Waals surface area contributed by atoms with Crippen LogP contribution in [0.1, 0.15) is 46.7 Å². The van der Waals surface area contributed by atoms with Gasteiger partial charge in [0.2, 0.25) is 5.91 Å². The lowest BCUT2D eigenvalue weighted by molar-refractivity contribution is -0.116. The number of H-pyrrole nitrogens is 1. The number of hydrogen-bond donors (Lipinski definition) is 2. The van der Waals surface area contributed by atoms with Crippen LogP contribution in [0.2, 0.25) is 0 Å². The molecule has 0 bridgehead atoms. The summed E-state index contributed by atoms with van der Waals surface area (Å²) in [5.41, 5.74) is 4.26. The maximum absolute atomic E-state index is 12.5. The van der Waals surface area contributed by atoms with E-state index in [4.69, 9.17) is 0 Å². The molecule has 0 saturated heterocycles. The molecular weight excluding hydrogens is 358 g/mol. The molecule has 0 fully saturated rings. The van der Waals surface area contributed by atoms with E-state index in [0.717, 1.165) is 40.7 Å². The number of nitrogens with zero attached hydrogens (tertiary/aromatic N) is 1. The lowest BCUT2D eigenvalue weighted by atomic mass is 9.97. The number of thiophene rings is 1. The van der Waals surface area contributed by atoms with Gasteiger partial charge in [0.25, 0.3) is 5.56 Å². The summed E-state index contributed by atoms with van der Waals surface area (Å²) in [6, 6.07) is 5.87. The average Bonchev–Trinajstić information content (AvgIpc) is 3.02. The van der Waals surface area contributed by atoms with Crippen LogP contribution in [-0.4, -0.2) is 15.9 Å². The van der Waals surface area contributed by atoms with Gasteiger partial charge in [0, 0.05) is 23.4 Å². The number of carbonyl (C=O) groups is 1. The van der Waals surface area contributed by atoms with Gasteiger partial charge >= 0.3 is 0 Å². The predicted molar refractivity (Wildman–Crippen MR) is 110 cm³/mol. The largest absolute Gasteiger partial charge is 0.326 e. The maximum atomic E-state index is 12.5. The van der Waals surface area contributed by atoms with Gasteiger partial charge in [-0.05, 0) is 68.4 Å². The van der Waals surface area contributed by atoms with E-state index in [2.05, 4.69) is 15.3 Å². The van der Waals surface area contributed by atoms with Gasteiger partial charge < -0.3 is 10.3 Å². The first-order valence-electron chi connectivity index (χ1n) is 9.42. The van der Waals surface area contributed by atoms with Crippen LogP contribution in [0.25, 0.3) is 10.2 Å². The summed E-state index contributed by atoms with van der Waals surface area (Å²) in [6.07, 6.45) is 5.04. The number of nitrogens with one attached hydrogen (secondary N) is 2. The molecule has 0 aliphatic heterocycles. The number of benzene rings is 1. The normalized spacial score (nSPS) is 13.6. The van der Waals surface area contributed by atoms with E-state index in [1.807, 2.05) is 32.0 Å². The number of aromatic amines is 1. The van der Waals surface area contributed by atoms with Crippen molar-refractivity contribution < 1.29 is 4.79 Å². The number of amides is 1. The Morgan fingerprint density at radius 1 is 1.22 bits per heavy atom. The van der Waals surface area contributed by atoms with Crippen molar-refractivity contribution in [1.29, 1.82) is 0 Å². The molecule has 1 aromatic carbocycles. The summed E-state index contributed by atoms with van der Waals surface area (Å²) in [7, 11) is 0. The number of aromatic nitrogens is 2. The molecule has 3 aromatic rings. The van der Waals surface area contributed by atoms with Crippen LogP contribution in [-0.2, 0) is 24.1 Å². The van der Waals surface area contributed by atoms with E-state index >= 15 is 0 Å². The van der Waals surface area contributed by atoms with Gasteiger partial charge in [-0.2, -0.15) is 0 Å². The lowest BCUT2D eigenvalue weighted by Gasteiger charge is -2.09. The van der Waals surface area contributed by atoms with Crippen LogP contribution < -0.4 is 10.9 Å². The van der Waals surface area contributed by atoms with Gasteiger partial charge in [0.05, 0.1) is 5.39 Å². The van der Waals surface area contributed by atoms with E-state index in [9.17, 15) is 9.59 Å². The molecule has 2 N–H and O–H groups in total. The van der Waals surface area contributed by atoms with Gasteiger partial charge in [0.15, 0.2) is 0 Å². The SMILES string of the molecule is Cc1ccc(NC(=O)CCc2nc3sc4c(c3c(=O)[nH]2)CCCC4)cc1C. The van der Waals surface area contributed by atoms with Crippen LogP contribution in [0.15, 0.2) is 23.0 Å². The Balaban J connectivity index is 1.48. The summed E-state index contributed by atoms with van der Waals surface area (Å²) >= 11 is 1.64. The van der Waals surface area contributed by atoms with E-state index in [-0.39, 0.29) is 17.9 Å². The highest BCUT2D eigenvalue weighted by molar-refractivity contribution is 7.18. The number of rotatable bonds is 4. The molecule has 2 heterocycles. The number of carbonyl (C=O) groups excluding carboxylic acids is 1. The zero-order valence-electron chi connectivity index (χ0n) is 15.6. The minimum atomic E-state index is -0.0773. The van der Waals surface area contributed by atoms with Gasteiger partial charge in [-0.3, -0.25) is 9.59 Å². The molecule has 0 radical (unpaired) electrons. The fraction of sp³-hybridized carbons (Fsp3) is 0.381. The Bertz CT molecular complexity index is 1080. The number of fused-ring (bicyclic) bond motifs is 3. The first-order chi connectivity index (χ1) is 13.0. The fourth-order valence-corrected chi connectivity index (χ4v) is 4.88. The Morgan fingerprint density at radius 2 is 2.04 bits per heavy atom. The molecule has 0 saturated carbocycles. The highest BCUT2D eigenvalue weighted by Gasteiger charge is 2.19. The number of hydrogen-bond acceptors (Lipinski definition) is 4. The molecule has 0 unspecified atom stereocenters. The molecule has 140 valence electrons. The molecule has 5 nitrogen and oxygen atoms in total. The molecule has 6 heteroatoms. The standard InChI is InChI=1S/C21H23N3O2S/c1-12-7-8-14(11-13(12)2)22-18(25)10-9-17-23-20(26)19-15-5-3-4-6-16(15)27-21(19)24-17/h7-8,11H,3-6,9-10H2,1-2H3,(H,22,25)(H,23,24,26). The minimum absolute atomic E-state index is 0.0658. The Labute approximate surface area is 161 Å². The molecule has 1 aliphatic carbocycles. The van der Waals surface area contributed by atoms with Crippen LogP contribution in [0.3, 0.4) is 0 Å². The quantitative estimate of drug-likeness (QED) is 0.716. The monoisotopic (exact) mass is 381 g/mol. The molecule has 0 spiro atoms. The minimum Gasteiger partial charge on any atom is -0.326 e. The molecule has 27 heavy (non-hydrogen) atoms. The van der Waals surface area contributed by atoms with Gasteiger partial charge in [-0.1, -0.05) is 6.07 Å². The predicted octanol–water partition coefficient (Wildman–Crippen LogP) is 4.05. The Kier molecular flexibility index (Phi) is 4.83.